The maximum Gasteiger partial charge on any atom is 0.325 e. The number of ether oxygens (including phenoxy) is 2. The molecule has 0 radical (unpaired) electrons. The lowest BCUT2D eigenvalue weighted by Crippen LogP contribution is -2.43. The minimum absolute atomic E-state index is 0.111. The van der Waals surface area contributed by atoms with Crippen molar-refractivity contribution in [3.05, 3.63) is 39.9 Å². The number of methoxy groups -OCH3 is 2. The first kappa shape index (κ1) is 15.9. The monoisotopic (exact) mass is 309 g/mol. The first-order valence-electron chi connectivity index (χ1n) is 6.37. The Morgan fingerprint density at radius 1 is 1.41 bits per heavy atom. The van der Waals surface area contributed by atoms with E-state index in [4.69, 9.17) is 4.74 Å². The minimum atomic E-state index is -1.43. The highest BCUT2D eigenvalue weighted by molar-refractivity contribution is 5.92. The Bertz CT molecular complexity index is 620. The quantitative estimate of drug-likeness (QED) is 0.324. The molecule has 2 atom stereocenters. The van der Waals surface area contributed by atoms with E-state index in [0.717, 1.165) is 0 Å². The van der Waals surface area contributed by atoms with Gasteiger partial charge in [0.2, 0.25) is 5.72 Å². The molecule has 1 aliphatic rings. The minimum Gasteiger partial charge on any atom is -0.468 e. The molecule has 9 nitrogen and oxygen atoms in total. The number of benzene rings is 1. The average molecular weight is 309 g/mol. The largest absolute Gasteiger partial charge is 0.468 e. The summed E-state index contributed by atoms with van der Waals surface area (Å²) in [5.41, 5.74) is -1.21. The van der Waals surface area contributed by atoms with E-state index in [1.807, 2.05) is 0 Å². The smallest absolute Gasteiger partial charge is 0.325 e. The molecule has 0 spiro atoms. The van der Waals surface area contributed by atoms with Gasteiger partial charge in [-0.3, -0.25) is 25.0 Å². The molecular formula is C13H15N3O6. The number of hydrogen-bond acceptors (Lipinski definition) is 7. The van der Waals surface area contributed by atoms with Gasteiger partial charge in [0.05, 0.1) is 23.6 Å². The van der Waals surface area contributed by atoms with E-state index in [0.29, 0.717) is 5.56 Å². The van der Waals surface area contributed by atoms with Crippen molar-refractivity contribution in [2.75, 3.05) is 20.8 Å². The molecule has 0 aromatic heterocycles. The second-order valence-corrected chi connectivity index (χ2v) is 4.59. The van der Waals surface area contributed by atoms with Gasteiger partial charge in [0.15, 0.2) is 0 Å². The highest BCUT2D eigenvalue weighted by atomic mass is 16.6. The summed E-state index contributed by atoms with van der Waals surface area (Å²) in [5.74, 6) is -1.20. The zero-order valence-corrected chi connectivity index (χ0v) is 12.0. The van der Waals surface area contributed by atoms with Crippen molar-refractivity contribution in [2.24, 2.45) is 0 Å². The maximum atomic E-state index is 12.2. The highest BCUT2D eigenvalue weighted by Crippen LogP contribution is 2.44. The fourth-order valence-corrected chi connectivity index (χ4v) is 2.19. The van der Waals surface area contributed by atoms with Crippen molar-refractivity contribution >= 4 is 17.6 Å². The van der Waals surface area contributed by atoms with Gasteiger partial charge < -0.3 is 14.8 Å². The highest BCUT2D eigenvalue weighted by Gasteiger charge is 2.63. The molecule has 1 aromatic carbocycles. The molecule has 118 valence electrons. The average Bonchev–Trinajstić information content (AvgIpc) is 3.28. The van der Waals surface area contributed by atoms with Gasteiger partial charge in [-0.15, -0.1) is 0 Å². The molecule has 1 aliphatic heterocycles. The zero-order valence-electron chi connectivity index (χ0n) is 12.0. The van der Waals surface area contributed by atoms with E-state index in [1.54, 1.807) is 12.1 Å². The van der Waals surface area contributed by atoms with Crippen LogP contribution in [0.4, 0.5) is 5.69 Å². The number of nitro groups is 1. The molecular weight excluding hydrogens is 294 g/mol. The molecule has 22 heavy (non-hydrogen) atoms. The SMILES string of the molecule is COC(=O)CNC(=O)[C@@]1(OC)N[C@H]1c1ccccc1[N+](=O)[O-]. The van der Waals surface area contributed by atoms with Crippen molar-refractivity contribution in [2.45, 2.75) is 11.8 Å². The van der Waals surface area contributed by atoms with E-state index in [2.05, 4.69) is 15.4 Å². The Kier molecular flexibility index (Phi) is 4.38. The van der Waals surface area contributed by atoms with Crippen LogP contribution in [0.5, 0.6) is 0 Å². The number of nitrogens with zero attached hydrogens (tertiary/aromatic N) is 1. The van der Waals surface area contributed by atoms with Gasteiger partial charge in [0.25, 0.3) is 11.6 Å². The summed E-state index contributed by atoms with van der Waals surface area (Å²) in [7, 11) is 2.51. The number of carbonyl (C=O) groups is 2. The van der Waals surface area contributed by atoms with Crippen LogP contribution in [-0.2, 0) is 19.1 Å². The van der Waals surface area contributed by atoms with Gasteiger partial charge in [-0.25, -0.2) is 0 Å². The molecule has 1 heterocycles. The molecule has 0 saturated carbocycles. The summed E-state index contributed by atoms with van der Waals surface area (Å²) in [4.78, 5) is 33.8. The van der Waals surface area contributed by atoms with Gasteiger partial charge in [0, 0.05) is 13.2 Å². The maximum absolute atomic E-state index is 12.2. The lowest BCUT2D eigenvalue weighted by molar-refractivity contribution is -0.385. The van der Waals surface area contributed by atoms with Crippen LogP contribution < -0.4 is 10.6 Å². The van der Waals surface area contributed by atoms with Crippen LogP contribution in [0.3, 0.4) is 0 Å². The van der Waals surface area contributed by atoms with E-state index in [-0.39, 0.29) is 12.2 Å². The summed E-state index contributed by atoms with van der Waals surface area (Å²) in [5, 5.41) is 16.2. The van der Waals surface area contributed by atoms with Crippen LogP contribution in [0.2, 0.25) is 0 Å². The molecule has 1 aromatic rings. The van der Waals surface area contributed by atoms with Crippen LogP contribution >= 0.6 is 0 Å². The molecule has 2 rings (SSSR count). The number of carbonyl (C=O) groups excluding carboxylic acids is 2. The van der Waals surface area contributed by atoms with E-state index < -0.39 is 28.6 Å². The van der Waals surface area contributed by atoms with Gasteiger partial charge in [-0.05, 0) is 0 Å². The number of nitrogens with one attached hydrogen (secondary N) is 2. The summed E-state index contributed by atoms with van der Waals surface area (Å²) >= 11 is 0. The molecule has 2 N–H and O–H groups in total. The molecule has 1 amide bonds. The van der Waals surface area contributed by atoms with Crippen molar-refractivity contribution in [3.63, 3.8) is 0 Å². The second-order valence-electron chi connectivity index (χ2n) is 4.59. The molecule has 0 bridgehead atoms. The molecule has 1 fully saturated rings. The second kappa shape index (κ2) is 6.08. The molecule has 1 saturated heterocycles. The fraction of sp³-hybridized carbons (Fsp3) is 0.385. The standard InChI is InChI=1S/C13H15N3O6/c1-21-10(17)7-14-12(18)13(22-2)11(15-13)8-5-3-4-6-9(8)16(19)20/h3-6,11,15H,7H2,1-2H3,(H,14,18)/t11-,13+/m0/s1. The predicted molar refractivity (Wildman–Crippen MR) is 73.7 cm³/mol. The Hall–Kier alpha value is -2.52. The number of para-hydroxylation sites is 1. The van der Waals surface area contributed by atoms with Crippen LogP contribution in [0.1, 0.15) is 11.6 Å². The molecule has 0 aliphatic carbocycles. The Morgan fingerprint density at radius 3 is 2.68 bits per heavy atom. The summed E-state index contributed by atoms with van der Waals surface area (Å²) in [6, 6.07) is 5.40. The van der Waals surface area contributed by atoms with E-state index in [9.17, 15) is 19.7 Å². The Labute approximate surface area is 125 Å². The number of esters is 1. The van der Waals surface area contributed by atoms with Crippen molar-refractivity contribution in [1.29, 1.82) is 0 Å². The summed E-state index contributed by atoms with van der Waals surface area (Å²) in [6.07, 6.45) is 0. The van der Waals surface area contributed by atoms with Crippen LogP contribution in [0.15, 0.2) is 24.3 Å². The lowest BCUT2D eigenvalue weighted by Gasteiger charge is -2.13. The summed E-state index contributed by atoms with van der Waals surface area (Å²) in [6.45, 7) is -0.314. The van der Waals surface area contributed by atoms with Gasteiger partial charge in [-0.2, -0.15) is 0 Å². The third-order valence-corrected chi connectivity index (χ3v) is 3.41. The van der Waals surface area contributed by atoms with E-state index >= 15 is 0 Å². The Morgan fingerprint density at radius 2 is 2.09 bits per heavy atom. The van der Waals surface area contributed by atoms with Crippen LogP contribution in [-0.4, -0.2) is 43.3 Å². The number of nitro benzene ring substituents is 1. The van der Waals surface area contributed by atoms with Crippen LogP contribution in [0.25, 0.3) is 0 Å². The first-order chi connectivity index (χ1) is 10.5. The zero-order chi connectivity index (χ0) is 16.3. The third kappa shape index (κ3) is 2.76. The number of rotatable bonds is 6. The van der Waals surface area contributed by atoms with Gasteiger partial charge >= 0.3 is 5.97 Å². The van der Waals surface area contributed by atoms with E-state index in [1.165, 1.54) is 26.4 Å². The third-order valence-electron chi connectivity index (χ3n) is 3.41. The van der Waals surface area contributed by atoms with Crippen molar-refractivity contribution in [3.8, 4) is 0 Å². The summed E-state index contributed by atoms with van der Waals surface area (Å²) < 4.78 is 9.61. The Balaban J connectivity index is 2.17. The number of hydrogen-bond donors (Lipinski definition) is 2. The van der Waals surface area contributed by atoms with Gasteiger partial charge in [0.1, 0.15) is 6.54 Å². The fourth-order valence-electron chi connectivity index (χ4n) is 2.19. The normalized spacial score (nSPS) is 22.7. The van der Waals surface area contributed by atoms with Crippen molar-refractivity contribution < 1.29 is 24.0 Å². The van der Waals surface area contributed by atoms with Gasteiger partial charge in [-0.1, -0.05) is 18.2 Å². The first-order valence-corrected chi connectivity index (χ1v) is 6.37. The molecule has 0 unspecified atom stereocenters. The lowest BCUT2D eigenvalue weighted by atomic mass is 10.1. The topological polar surface area (TPSA) is 130 Å². The molecule has 9 heteroatoms. The predicted octanol–water partition coefficient (Wildman–Crippen LogP) is -0.129. The van der Waals surface area contributed by atoms with Crippen LogP contribution in [0, 0.1) is 10.1 Å². The number of amides is 1. The van der Waals surface area contributed by atoms with Crippen molar-refractivity contribution in [1.82, 2.24) is 10.6 Å².